The fourth-order valence-electron chi connectivity index (χ4n) is 4.17. The summed E-state index contributed by atoms with van der Waals surface area (Å²) in [7, 11) is 0. The van der Waals surface area contributed by atoms with E-state index in [4.69, 9.17) is 23.2 Å². The summed E-state index contributed by atoms with van der Waals surface area (Å²) in [5.74, 6) is -0.769. The number of nitriles is 1. The Hall–Kier alpha value is -2.85. The molecule has 1 fully saturated rings. The average molecular weight is 512 g/mol. The number of nitrogens with one attached hydrogen (secondary N) is 1. The molecule has 4 rings (SSSR count). The van der Waals surface area contributed by atoms with Crippen LogP contribution >= 0.6 is 34.5 Å². The van der Waals surface area contributed by atoms with Gasteiger partial charge >= 0.3 is 0 Å². The van der Waals surface area contributed by atoms with E-state index in [1.54, 1.807) is 18.2 Å². The molecule has 8 heteroatoms. The van der Waals surface area contributed by atoms with Crippen molar-refractivity contribution in [2.45, 2.75) is 25.7 Å². The van der Waals surface area contributed by atoms with Crippen molar-refractivity contribution >= 4 is 52.0 Å². The molecular weight excluding hydrogens is 489 g/mol. The third kappa shape index (κ3) is 5.28. The van der Waals surface area contributed by atoms with Gasteiger partial charge in [0.05, 0.1) is 16.9 Å². The first-order valence-corrected chi connectivity index (χ1v) is 12.6. The molecule has 0 bridgehead atoms. The van der Waals surface area contributed by atoms with Gasteiger partial charge in [-0.3, -0.25) is 9.59 Å². The second-order valence-corrected chi connectivity index (χ2v) is 10.1. The van der Waals surface area contributed by atoms with Gasteiger partial charge in [0.15, 0.2) is 0 Å². The Morgan fingerprint density at radius 1 is 1.15 bits per heavy atom. The van der Waals surface area contributed by atoms with Crippen molar-refractivity contribution in [1.29, 1.82) is 5.26 Å². The van der Waals surface area contributed by atoms with Gasteiger partial charge in [-0.2, -0.15) is 5.26 Å². The number of nitrogens with zero attached hydrogens (tertiary/aromatic N) is 2. The summed E-state index contributed by atoms with van der Waals surface area (Å²) in [5, 5.41) is 15.7. The van der Waals surface area contributed by atoms with Gasteiger partial charge in [-0.25, -0.2) is 0 Å². The second-order valence-electron chi connectivity index (χ2n) is 8.34. The first kappa shape index (κ1) is 24.3. The number of rotatable bonds is 5. The van der Waals surface area contributed by atoms with Crippen LogP contribution in [0.1, 0.15) is 45.1 Å². The Morgan fingerprint density at radius 3 is 2.47 bits per heavy atom. The van der Waals surface area contributed by atoms with E-state index in [-0.39, 0.29) is 17.7 Å². The normalized spacial score (nSPS) is 14.9. The molecule has 3 aromatic rings. The van der Waals surface area contributed by atoms with Crippen LogP contribution in [0.25, 0.3) is 0 Å². The third-order valence-corrected chi connectivity index (χ3v) is 7.57. The summed E-state index contributed by atoms with van der Waals surface area (Å²) in [6.45, 7) is 2.99. The Kier molecular flexibility index (Phi) is 7.57. The first-order chi connectivity index (χ1) is 16.4. The zero-order chi connectivity index (χ0) is 24.2. The van der Waals surface area contributed by atoms with Crippen molar-refractivity contribution in [3.8, 4) is 6.07 Å². The number of piperidine rings is 1. The minimum absolute atomic E-state index is 0.0276. The molecule has 2 amide bonds. The van der Waals surface area contributed by atoms with Crippen LogP contribution in [0, 0.1) is 24.2 Å². The van der Waals surface area contributed by atoms with E-state index in [1.165, 1.54) is 11.3 Å². The van der Waals surface area contributed by atoms with Crippen molar-refractivity contribution in [3.05, 3.63) is 85.5 Å². The summed E-state index contributed by atoms with van der Waals surface area (Å²) in [6, 6.07) is 16.7. The largest absolute Gasteiger partial charge is 0.338 e. The minimum atomic E-state index is -0.543. The molecule has 0 aliphatic carbocycles. The maximum absolute atomic E-state index is 12.9. The van der Waals surface area contributed by atoms with Gasteiger partial charge in [0, 0.05) is 34.7 Å². The van der Waals surface area contributed by atoms with Crippen molar-refractivity contribution in [2.24, 2.45) is 5.92 Å². The Labute approximate surface area is 212 Å². The average Bonchev–Trinajstić information content (AvgIpc) is 3.38. The van der Waals surface area contributed by atoms with Gasteiger partial charge in [-0.1, -0.05) is 47.5 Å². The number of hydrogen-bond donors (Lipinski definition) is 1. The zero-order valence-electron chi connectivity index (χ0n) is 18.6. The third-order valence-electron chi connectivity index (χ3n) is 6.13. The quantitative estimate of drug-likeness (QED) is 0.424. The lowest BCUT2D eigenvalue weighted by atomic mass is 9.91. The SMILES string of the molecule is Cc1cc(C(C#N)c2ccc(Cl)cc2)c(Cl)cc1NC(=O)C1CCN(C(=O)c2cccs2)CC1. The highest BCUT2D eigenvalue weighted by Crippen LogP contribution is 2.35. The molecule has 174 valence electrons. The molecule has 1 aliphatic heterocycles. The molecule has 1 saturated heterocycles. The Balaban J connectivity index is 1.43. The van der Waals surface area contributed by atoms with Crippen LogP contribution in [0.4, 0.5) is 5.69 Å². The van der Waals surface area contributed by atoms with Crippen molar-refractivity contribution in [3.63, 3.8) is 0 Å². The van der Waals surface area contributed by atoms with E-state index >= 15 is 0 Å². The van der Waals surface area contributed by atoms with Crippen LogP contribution in [-0.4, -0.2) is 29.8 Å². The van der Waals surface area contributed by atoms with Gasteiger partial charge in [0.2, 0.25) is 5.91 Å². The molecule has 2 aromatic carbocycles. The molecule has 1 aromatic heterocycles. The van der Waals surface area contributed by atoms with E-state index < -0.39 is 5.92 Å². The van der Waals surface area contributed by atoms with Crippen molar-refractivity contribution in [1.82, 2.24) is 4.90 Å². The summed E-state index contributed by atoms with van der Waals surface area (Å²) in [6.07, 6.45) is 1.22. The number of thiophene rings is 1. The Bertz CT molecular complexity index is 1230. The van der Waals surface area contributed by atoms with Gasteiger partial charge < -0.3 is 10.2 Å². The van der Waals surface area contributed by atoms with Gasteiger partial charge in [0.1, 0.15) is 0 Å². The lowest BCUT2D eigenvalue weighted by Gasteiger charge is -2.31. The molecule has 5 nitrogen and oxygen atoms in total. The number of amides is 2. The van der Waals surface area contributed by atoms with E-state index in [2.05, 4.69) is 11.4 Å². The van der Waals surface area contributed by atoms with Crippen LogP contribution in [0.2, 0.25) is 10.0 Å². The molecule has 0 saturated carbocycles. The summed E-state index contributed by atoms with van der Waals surface area (Å²) in [4.78, 5) is 28.0. The lowest BCUT2D eigenvalue weighted by Crippen LogP contribution is -2.41. The number of likely N-dealkylation sites (tertiary alicyclic amines) is 1. The maximum Gasteiger partial charge on any atom is 0.263 e. The second kappa shape index (κ2) is 10.6. The first-order valence-electron chi connectivity index (χ1n) is 11.0. The van der Waals surface area contributed by atoms with Crippen LogP contribution in [0.3, 0.4) is 0 Å². The summed E-state index contributed by atoms with van der Waals surface area (Å²) < 4.78 is 0. The lowest BCUT2D eigenvalue weighted by molar-refractivity contribution is -0.121. The molecule has 1 N–H and O–H groups in total. The van der Waals surface area contributed by atoms with Crippen LogP contribution in [0.5, 0.6) is 0 Å². The van der Waals surface area contributed by atoms with Crippen molar-refractivity contribution in [2.75, 3.05) is 18.4 Å². The van der Waals surface area contributed by atoms with Gasteiger partial charge in [-0.15, -0.1) is 11.3 Å². The van der Waals surface area contributed by atoms with Gasteiger partial charge in [-0.05, 0) is 66.1 Å². The number of halogens is 2. The number of hydrogen-bond acceptors (Lipinski definition) is 4. The number of benzene rings is 2. The Morgan fingerprint density at radius 2 is 1.85 bits per heavy atom. The fourth-order valence-corrected chi connectivity index (χ4v) is 5.26. The fraction of sp³-hybridized carbons (Fsp3) is 0.269. The topological polar surface area (TPSA) is 73.2 Å². The summed E-state index contributed by atoms with van der Waals surface area (Å²) >= 11 is 14.0. The van der Waals surface area contributed by atoms with E-state index in [0.717, 1.165) is 16.0 Å². The highest BCUT2D eigenvalue weighted by Gasteiger charge is 2.29. The highest BCUT2D eigenvalue weighted by molar-refractivity contribution is 7.12. The van der Waals surface area contributed by atoms with Crippen LogP contribution in [-0.2, 0) is 4.79 Å². The molecule has 0 radical (unpaired) electrons. The maximum atomic E-state index is 12.9. The number of anilines is 1. The zero-order valence-corrected chi connectivity index (χ0v) is 20.9. The molecule has 0 spiro atoms. The smallest absolute Gasteiger partial charge is 0.263 e. The van der Waals surface area contributed by atoms with Crippen LogP contribution in [0.15, 0.2) is 53.9 Å². The monoisotopic (exact) mass is 511 g/mol. The predicted molar refractivity (Wildman–Crippen MR) is 137 cm³/mol. The van der Waals surface area contributed by atoms with E-state index in [1.807, 2.05) is 47.5 Å². The van der Waals surface area contributed by atoms with E-state index in [9.17, 15) is 14.9 Å². The van der Waals surface area contributed by atoms with E-state index in [0.29, 0.717) is 47.2 Å². The molecular formula is C26H23Cl2N3O2S. The summed E-state index contributed by atoms with van der Waals surface area (Å²) in [5.41, 5.74) is 2.94. The molecule has 34 heavy (non-hydrogen) atoms. The molecule has 1 unspecified atom stereocenters. The van der Waals surface area contributed by atoms with Crippen molar-refractivity contribution < 1.29 is 9.59 Å². The molecule has 1 aliphatic rings. The van der Waals surface area contributed by atoms with Crippen LogP contribution < -0.4 is 5.32 Å². The minimum Gasteiger partial charge on any atom is -0.338 e. The standard InChI is InChI=1S/C26H23Cl2N3O2S/c1-16-13-20(21(15-29)17-4-6-19(27)7-5-17)22(28)14-23(16)30-25(32)18-8-10-31(11-9-18)26(33)24-3-2-12-34-24/h2-7,12-14,18,21H,8-11H2,1H3,(H,30,32). The number of carbonyl (C=O) groups is 2. The predicted octanol–water partition coefficient (Wildman–Crippen LogP) is 6.51. The molecule has 2 heterocycles. The highest BCUT2D eigenvalue weighted by atomic mass is 35.5. The number of aryl methyl sites for hydroxylation is 1. The van der Waals surface area contributed by atoms with Gasteiger partial charge in [0.25, 0.3) is 5.91 Å². The number of carbonyl (C=O) groups excluding carboxylic acids is 2. The molecule has 1 atom stereocenters.